The molecule has 4 nitrogen and oxygen atoms in total. The number of H-pyrrole nitrogens is 1. The summed E-state index contributed by atoms with van der Waals surface area (Å²) in [6.45, 7) is 3.77. The van der Waals surface area contributed by atoms with Crippen molar-refractivity contribution in [3.8, 4) is 0 Å². The van der Waals surface area contributed by atoms with Crippen molar-refractivity contribution in [2.75, 3.05) is 0 Å². The van der Waals surface area contributed by atoms with Gasteiger partial charge < -0.3 is 10.1 Å². The molecule has 2 rings (SSSR count). The van der Waals surface area contributed by atoms with Crippen molar-refractivity contribution in [3.63, 3.8) is 0 Å². The Hall–Kier alpha value is -2.10. The Morgan fingerprint density at radius 1 is 1.32 bits per heavy atom. The molecule has 0 atom stereocenters. The second-order valence-electron chi connectivity index (χ2n) is 5.62. The van der Waals surface area contributed by atoms with E-state index in [2.05, 4.69) is 4.98 Å². The molecule has 1 aromatic heterocycles. The van der Waals surface area contributed by atoms with Crippen LogP contribution in [0.4, 0.5) is 0 Å². The maximum Gasteiger partial charge on any atom is 0.303 e. The standard InChI is InChI=1S/C15H17NO3/c1-15(2,9-13(17)18)8-11-7-10-5-3-4-6-12(10)14(19)16-11/h3-7H,8-9H2,1-2H3,(H,16,19)(H,17,18). The van der Waals surface area contributed by atoms with Crippen LogP contribution in [0.2, 0.25) is 0 Å². The second kappa shape index (κ2) is 4.88. The number of fused-ring (bicyclic) bond motifs is 1. The molecule has 1 aromatic carbocycles. The summed E-state index contributed by atoms with van der Waals surface area (Å²) in [6.07, 6.45) is 0.598. The quantitative estimate of drug-likeness (QED) is 0.886. The zero-order valence-electron chi connectivity index (χ0n) is 11.1. The summed E-state index contributed by atoms with van der Waals surface area (Å²) >= 11 is 0. The van der Waals surface area contributed by atoms with Crippen LogP contribution in [0, 0.1) is 5.41 Å². The number of carbonyl (C=O) groups is 1. The van der Waals surface area contributed by atoms with Gasteiger partial charge >= 0.3 is 5.97 Å². The number of rotatable bonds is 4. The number of nitrogens with one attached hydrogen (secondary N) is 1. The fourth-order valence-corrected chi connectivity index (χ4v) is 2.35. The van der Waals surface area contributed by atoms with Crippen molar-refractivity contribution in [1.82, 2.24) is 4.98 Å². The van der Waals surface area contributed by atoms with E-state index in [4.69, 9.17) is 5.11 Å². The van der Waals surface area contributed by atoms with Crippen LogP contribution in [-0.2, 0) is 11.2 Å². The molecule has 0 amide bonds. The zero-order chi connectivity index (χ0) is 14.0. The van der Waals surface area contributed by atoms with Crippen molar-refractivity contribution < 1.29 is 9.90 Å². The maximum absolute atomic E-state index is 11.9. The van der Waals surface area contributed by atoms with E-state index in [1.165, 1.54) is 0 Å². The lowest BCUT2D eigenvalue weighted by Gasteiger charge is -2.22. The first-order valence-corrected chi connectivity index (χ1v) is 6.20. The molecule has 19 heavy (non-hydrogen) atoms. The van der Waals surface area contributed by atoms with Gasteiger partial charge in [-0.25, -0.2) is 0 Å². The Morgan fingerprint density at radius 2 is 2.00 bits per heavy atom. The summed E-state index contributed by atoms with van der Waals surface area (Å²) in [5.74, 6) is -0.826. The minimum Gasteiger partial charge on any atom is -0.481 e. The first-order chi connectivity index (χ1) is 8.87. The molecule has 0 saturated carbocycles. The van der Waals surface area contributed by atoms with E-state index < -0.39 is 11.4 Å². The number of aliphatic carboxylic acids is 1. The molecule has 0 spiro atoms. The maximum atomic E-state index is 11.9. The molecule has 0 aliphatic carbocycles. The van der Waals surface area contributed by atoms with Gasteiger partial charge in [-0.1, -0.05) is 32.0 Å². The number of benzene rings is 1. The Balaban J connectivity index is 2.36. The highest BCUT2D eigenvalue weighted by atomic mass is 16.4. The van der Waals surface area contributed by atoms with Gasteiger partial charge in [0.1, 0.15) is 0 Å². The normalized spacial score (nSPS) is 11.7. The highest BCUT2D eigenvalue weighted by Gasteiger charge is 2.22. The van der Waals surface area contributed by atoms with E-state index in [1.54, 1.807) is 6.07 Å². The SMILES string of the molecule is CC(C)(CC(=O)O)Cc1cc2ccccc2c(=O)[nH]1. The first kappa shape index (κ1) is 13.3. The third kappa shape index (κ3) is 3.22. The summed E-state index contributed by atoms with van der Waals surface area (Å²) in [5.41, 5.74) is 0.256. The van der Waals surface area contributed by atoms with Crippen LogP contribution in [-0.4, -0.2) is 16.1 Å². The van der Waals surface area contributed by atoms with Crippen molar-refractivity contribution >= 4 is 16.7 Å². The summed E-state index contributed by atoms with van der Waals surface area (Å²) < 4.78 is 0. The molecular weight excluding hydrogens is 242 g/mol. The van der Waals surface area contributed by atoms with E-state index in [-0.39, 0.29) is 12.0 Å². The molecular formula is C15H17NO3. The lowest BCUT2D eigenvalue weighted by Crippen LogP contribution is -2.22. The van der Waals surface area contributed by atoms with E-state index in [0.29, 0.717) is 11.8 Å². The summed E-state index contributed by atoms with van der Waals surface area (Å²) in [6, 6.07) is 9.29. The van der Waals surface area contributed by atoms with Crippen LogP contribution in [0.25, 0.3) is 10.8 Å². The number of hydrogen-bond donors (Lipinski definition) is 2. The molecule has 2 N–H and O–H groups in total. The van der Waals surface area contributed by atoms with Crippen molar-refractivity contribution in [3.05, 3.63) is 46.4 Å². The Labute approximate surface area is 111 Å². The van der Waals surface area contributed by atoms with Gasteiger partial charge in [0, 0.05) is 11.1 Å². The Morgan fingerprint density at radius 3 is 2.68 bits per heavy atom. The molecule has 100 valence electrons. The number of hydrogen-bond acceptors (Lipinski definition) is 2. The summed E-state index contributed by atoms with van der Waals surface area (Å²) in [5, 5.41) is 10.4. The number of aromatic amines is 1. The fourth-order valence-electron chi connectivity index (χ4n) is 2.35. The topological polar surface area (TPSA) is 70.2 Å². The van der Waals surface area contributed by atoms with E-state index in [0.717, 1.165) is 11.1 Å². The van der Waals surface area contributed by atoms with E-state index in [9.17, 15) is 9.59 Å². The highest BCUT2D eigenvalue weighted by molar-refractivity contribution is 5.81. The molecule has 0 aliphatic rings. The summed E-state index contributed by atoms with van der Waals surface area (Å²) in [4.78, 5) is 25.6. The average molecular weight is 259 g/mol. The third-order valence-electron chi connectivity index (χ3n) is 3.11. The van der Waals surface area contributed by atoms with E-state index >= 15 is 0 Å². The number of pyridine rings is 1. The molecule has 0 fully saturated rings. The van der Waals surface area contributed by atoms with Crippen LogP contribution in [0.3, 0.4) is 0 Å². The molecule has 2 aromatic rings. The molecule has 1 heterocycles. The lowest BCUT2D eigenvalue weighted by molar-refractivity contribution is -0.139. The van der Waals surface area contributed by atoms with Gasteiger partial charge in [0.2, 0.25) is 0 Å². The van der Waals surface area contributed by atoms with Gasteiger partial charge in [-0.05, 0) is 29.4 Å². The predicted molar refractivity (Wildman–Crippen MR) is 74.3 cm³/mol. The fraction of sp³-hybridized carbons (Fsp3) is 0.333. The molecule has 4 heteroatoms. The van der Waals surface area contributed by atoms with Crippen LogP contribution in [0.15, 0.2) is 35.1 Å². The van der Waals surface area contributed by atoms with E-state index in [1.807, 2.05) is 38.1 Å². The number of aromatic nitrogens is 1. The summed E-state index contributed by atoms with van der Waals surface area (Å²) in [7, 11) is 0. The molecule has 0 radical (unpaired) electrons. The monoisotopic (exact) mass is 259 g/mol. The first-order valence-electron chi connectivity index (χ1n) is 6.20. The van der Waals surface area contributed by atoms with Crippen molar-refractivity contribution in [1.29, 1.82) is 0 Å². The van der Waals surface area contributed by atoms with Gasteiger partial charge in [0.05, 0.1) is 6.42 Å². The minimum absolute atomic E-state index is 0.0713. The third-order valence-corrected chi connectivity index (χ3v) is 3.11. The second-order valence-corrected chi connectivity index (χ2v) is 5.62. The minimum atomic E-state index is -0.826. The molecule has 0 unspecified atom stereocenters. The van der Waals surface area contributed by atoms with Crippen LogP contribution < -0.4 is 5.56 Å². The number of carboxylic acids is 1. The molecule has 0 bridgehead atoms. The van der Waals surface area contributed by atoms with Crippen molar-refractivity contribution in [2.24, 2.45) is 5.41 Å². The van der Waals surface area contributed by atoms with Gasteiger partial charge in [-0.15, -0.1) is 0 Å². The highest BCUT2D eigenvalue weighted by Crippen LogP contribution is 2.25. The van der Waals surface area contributed by atoms with Gasteiger partial charge in [-0.2, -0.15) is 0 Å². The Kier molecular flexibility index (Phi) is 3.42. The van der Waals surface area contributed by atoms with Crippen LogP contribution in [0.1, 0.15) is 26.0 Å². The van der Waals surface area contributed by atoms with Crippen LogP contribution in [0.5, 0.6) is 0 Å². The molecule has 0 aliphatic heterocycles. The van der Waals surface area contributed by atoms with Crippen LogP contribution >= 0.6 is 0 Å². The smallest absolute Gasteiger partial charge is 0.303 e. The van der Waals surface area contributed by atoms with Gasteiger partial charge in [0.15, 0.2) is 0 Å². The zero-order valence-corrected chi connectivity index (χ0v) is 11.1. The van der Waals surface area contributed by atoms with Gasteiger partial charge in [-0.3, -0.25) is 9.59 Å². The predicted octanol–water partition coefficient (Wildman–Crippen LogP) is 2.57. The number of carboxylic acid groups (broad SMARTS) is 1. The Bertz CT molecular complexity index is 670. The molecule has 0 saturated heterocycles. The average Bonchev–Trinajstić information content (AvgIpc) is 2.26. The van der Waals surface area contributed by atoms with Gasteiger partial charge in [0.25, 0.3) is 5.56 Å². The largest absolute Gasteiger partial charge is 0.481 e. The lowest BCUT2D eigenvalue weighted by atomic mass is 9.84. The van der Waals surface area contributed by atoms with Crippen molar-refractivity contribution in [2.45, 2.75) is 26.7 Å².